The second-order valence-corrected chi connectivity index (χ2v) is 4.94. The van der Waals surface area contributed by atoms with Crippen molar-refractivity contribution in [3.63, 3.8) is 0 Å². The summed E-state index contributed by atoms with van der Waals surface area (Å²) in [5.41, 5.74) is 2.98. The fourth-order valence-electron chi connectivity index (χ4n) is 2.30. The minimum atomic E-state index is -0.563. The normalized spacial score (nSPS) is 10.5. The van der Waals surface area contributed by atoms with Crippen LogP contribution in [-0.2, 0) is 4.74 Å². The minimum absolute atomic E-state index is 0.226. The predicted octanol–water partition coefficient (Wildman–Crippen LogP) is 2.61. The summed E-state index contributed by atoms with van der Waals surface area (Å²) < 4.78 is 15.1. The van der Waals surface area contributed by atoms with Crippen LogP contribution in [0, 0.1) is 0 Å². The van der Waals surface area contributed by atoms with E-state index < -0.39 is 6.09 Å². The smallest absolute Gasteiger partial charge is 0.413 e. The van der Waals surface area contributed by atoms with Crippen molar-refractivity contribution in [2.75, 3.05) is 26.1 Å². The number of rotatable bonds is 5. The number of aromatic nitrogens is 4. The van der Waals surface area contributed by atoms with Crippen molar-refractivity contribution in [2.45, 2.75) is 6.92 Å². The van der Waals surface area contributed by atoms with Crippen LogP contribution in [0.15, 0.2) is 24.4 Å². The quantitative estimate of drug-likeness (QED) is 0.732. The SMILES string of the molecule is CCOC(=O)Nc1nc2ccc(-c3cnc(OC)nc3OC)cc2[nH]1. The number of amides is 1. The van der Waals surface area contributed by atoms with Crippen molar-refractivity contribution in [3.05, 3.63) is 24.4 Å². The maximum absolute atomic E-state index is 11.5. The summed E-state index contributed by atoms with van der Waals surface area (Å²) in [6, 6.07) is 5.78. The largest absolute Gasteiger partial charge is 0.480 e. The molecule has 3 rings (SSSR count). The molecular weight excluding hydrogens is 326 g/mol. The summed E-state index contributed by atoms with van der Waals surface area (Å²) in [5.74, 6) is 0.708. The molecule has 0 atom stereocenters. The lowest BCUT2D eigenvalue weighted by molar-refractivity contribution is 0.167. The first kappa shape index (κ1) is 16.5. The number of anilines is 1. The summed E-state index contributed by atoms with van der Waals surface area (Å²) >= 11 is 0. The molecule has 2 aromatic heterocycles. The van der Waals surface area contributed by atoms with Gasteiger partial charge in [0.2, 0.25) is 11.8 Å². The standard InChI is InChI=1S/C16H17N5O4/c1-4-25-16(22)21-14-18-11-6-5-9(7-12(11)19-14)10-8-17-15(24-3)20-13(10)23-2/h5-8H,4H2,1-3H3,(H2,18,19,21,22). The zero-order valence-electron chi connectivity index (χ0n) is 14.0. The average Bonchev–Trinajstić information content (AvgIpc) is 3.02. The zero-order valence-corrected chi connectivity index (χ0v) is 14.0. The Morgan fingerprint density at radius 2 is 2.08 bits per heavy atom. The molecule has 0 unspecified atom stereocenters. The maximum Gasteiger partial charge on any atom is 0.413 e. The highest BCUT2D eigenvalue weighted by molar-refractivity contribution is 5.88. The van der Waals surface area contributed by atoms with Gasteiger partial charge in [0, 0.05) is 6.20 Å². The van der Waals surface area contributed by atoms with Crippen molar-refractivity contribution in [1.82, 2.24) is 19.9 Å². The third kappa shape index (κ3) is 3.44. The molecule has 3 aromatic rings. The molecular formula is C16H17N5O4. The zero-order chi connectivity index (χ0) is 17.8. The van der Waals surface area contributed by atoms with Crippen molar-refractivity contribution in [1.29, 1.82) is 0 Å². The number of aromatic amines is 1. The molecule has 2 N–H and O–H groups in total. The number of nitrogens with zero attached hydrogens (tertiary/aromatic N) is 3. The number of carbonyl (C=O) groups is 1. The third-order valence-electron chi connectivity index (χ3n) is 3.40. The summed E-state index contributed by atoms with van der Waals surface area (Å²) in [6.07, 6.45) is 1.06. The molecule has 1 amide bonds. The molecule has 0 aliphatic carbocycles. The molecule has 0 aliphatic heterocycles. The van der Waals surface area contributed by atoms with Gasteiger partial charge in [0.1, 0.15) is 0 Å². The van der Waals surface area contributed by atoms with Gasteiger partial charge < -0.3 is 19.2 Å². The van der Waals surface area contributed by atoms with Crippen molar-refractivity contribution in [3.8, 4) is 23.0 Å². The Morgan fingerprint density at radius 3 is 2.80 bits per heavy atom. The number of nitrogens with one attached hydrogen (secondary N) is 2. The number of fused-ring (bicyclic) bond motifs is 1. The number of benzene rings is 1. The average molecular weight is 343 g/mol. The minimum Gasteiger partial charge on any atom is -0.480 e. The van der Waals surface area contributed by atoms with Gasteiger partial charge in [-0.3, -0.25) is 5.32 Å². The number of ether oxygens (including phenoxy) is 3. The lowest BCUT2D eigenvalue weighted by Crippen LogP contribution is -2.14. The Balaban J connectivity index is 1.95. The first-order valence-electron chi connectivity index (χ1n) is 7.53. The van der Waals surface area contributed by atoms with Crippen molar-refractivity contribution in [2.24, 2.45) is 0 Å². The van der Waals surface area contributed by atoms with Crippen LogP contribution in [0.1, 0.15) is 6.92 Å². The molecule has 0 spiro atoms. The second kappa shape index (κ2) is 7.04. The fraction of sp³-hybridized carbons (Fsp3) is 0.250. The van der Waals surface area contributed by atoms with Crippen LogP contribution < -0.4 is 14.8 Å². The van der Waals surface area contributed by atoms with E-state index in [-0.39, 0.29) is 12.6 Å². The van der Waals surface area contributed by atoms with Gasteiger partial charge in [-0.25, -0.2) is 14.8 Å². The van der Waals surface area contributed by atoms with E-state index in [4.69, 9.17) is 14.2 Å². The molecule has 0 fully saturated rings. The number of H-pyrrole nitrogens is 1. The lowest BCUT2D eigenvalue weighted by atomic mass is 10.1. The Bertz CT molecular complexity index is 909. The molecule has 0 saturated heterocycles. The van der Waals surface area contributed by atoms with Gasteiger partial charge in [0.15, 0.2) is 0 Å². The highest BCUT2D eigenvalue weighted by Crippen LogP contribution is 2.30. The number of hydrogen-bond acceptors (Lipinski definition) is 7. The second-order valence-electron chi connectivity index (χ2n) is 4.94. The van der Waals surface area contributed by atoms with Crippen LogP contribution in [0.25, 0.3) is 22.2 Å². The number of imidazole rings is 1. The molecule has 0 bridgehead atoms. The van der Waals surface area contributed by atoms with Crippen molar-refractivity contribution >= 4 is 23.1 Å². The Labute approximate surface area is 143 Å². The third-order valence-corrected chi connectivity index (χ3v) is 3.40. The van der Waals surface area contributed by atoms with E-state index in [1.165, 1.54) is 14.2 Å². The highest BCUT2D eigenvalue weighted by atomic mass is 16.5. The first-order chi connectivity index (χ1) is 12.1. The van der Waals surface area contributed by atoms with Gasteiger partial charge in [-0.1, -0.05) is 6.07 Å². The predicted molar refractivity (Wildman–Crippen MR) is 90.9 cm³/mol. The van der Waals surface area contributed by atoms with Crippen LogP contribution in [0.4, 0.5) is 10.7 Å². The summed E-state index contributed by atoms with van der Waals surface area (Å²) in [5, 5.41) is 2.54. The van der Waals surface area contributed by atoms with Crippen LogP contribution in [0.3, 0.4) is 0 Å². The van der Waals surface area contributed by atoms with Crippen LogP contribution in [0.5, 0.6) is 11.9 Å². The van der Waals surface area contributed by atoms with E-state index >= 15 is 0 Å². The number of methoxy groups -OCH3 is 2. The molecule has 0 saturated carbocycles. The van der Waals surface area contributed by atoms with Crippen LogP contribution in [-0.4, -0.2) is 46.9 Å². The fourth-order valence-corrected chi connectivity index (χ4v) is 2.30. The highest BCUT2D eigenvalue weighted by Gasteiger charge is 2.13. The van der Waals surface area contributed by atoms with E-state index in [1.807, 2.05) is 18.2 Å². The molecule has 9 heteroatoms. The first-order valence-corrected chi connectivity index (χ1v) is 7.53. The van der Waals surface area contributed by atoms with Crippen molar-refractivity contribution < 1.29 is 19.0 Å². The molecule has 25 heavy (non-hydrogen) atoms. The maximum atomic E-state index is 11.5. The van der Waals surface area contributed by atoms with E-state index in [2.05, 4.69) is 25.3 Å². The van der Waals surface area contributed by atoms with E-state index in [0.717, 1.165) is 11.1 Å². The van der Waals surface area contributed by atoms with Crippen LogP contribution >= 0.6 is 0 Å². The Hall–Kier alpha value is -3.36. The number of carbonyl (C=O) groups excluding carboxylic acids is 1. The summed E-state index contributed by atoms with van der Waals surface area (Å²) in [6.45, 7) is 2.02. The van der Waals surface area contributed by atoms with Gasteiger partial charge >= 0.3 is 12.1 Å². The topological polar surface area (TPSA) is 111 Å². The summed E-state index contributed by atoms with van der Waals surface area (Å²) in [4.78, 5) is 27.1. The molecule has 2 heterocycles. The van der Waals surface area contributed by atoms with Gasteiger partial charge in [-0.2, -0.15) is 4.98 Å². The number of hydrogen-bond donors (Lipinski definition) is 2. The van der Waals surface area contributed by atoms with Crippen LogP contribution in [0.2, 0.25) is 0 Å². The monoisotopic (exact) mass is 343 g/mol. The Kier molecular flexibility index (Phi) is 4.64. The molecule has 9 nitrogen and oxygen atoms in total. The summed E-state index contributed by atoms with van der Waals surface area (Å²) in [7, 11) is 3.02. The molecule has 1 aromatic carbocycles. The van der Waals surface area contributed by atoms with E-state index in [9.17, 15) is 4.79 Å². The van der Waals surface area contributed by atoms with Gasteiger partial charge in [0.25, 0.3) is 0 Å². The molecule has 130 valence electrons. The van der Waals surface area contributed by atoms with Gasteiger partial charge in [-0.05, 0) is 24.6 Å². The van der Waals surface area contributed by atoms with E-state index in [0.29, 0.717) is 22.9 Å². The van der Waals surface area contributed by atoms with Gasteiger partial charge in [0.05, 0.1) is 37.4 Å². The Morgan fingerprint density at radius 1 is 1.24 bits per heavy atom. The lowest BCUT2D eigenvalue weighted by Gasteiger charge is -2.08. The molecule has 0 radical (unpaired) electrons. The van der Waals surface area contributed by atoms with E-state index in [1.54, 1.807) is 13.1 Å². The molecule has 0 aliphatic rings. The van der Waals surface area contributed by atoms with Gasteiger partial charge in [-0.15, -0.1) is 0 Å².